The van der Waals surface area contributed by atoms with Crippen molar-refractivity contribution in [3.05, 3.63) is 288 Å². The molecule has 3 aromatic heterocycles. The van der Waals surface area contributed by atoms with Gasteiger partial charge in [-0.1, -0.05) is 158 Å². The Balaban J connectivity index is 1.07. The molecule has 342 valence electrons. The molecule has 0 amide bonds. The molecule has 0 saturated heterocycles. The largest absolute Gasteiger partial charge is 0.228 e. The lowest BCUT2D eigenvalue weighted by Gasteiger charge is -2.38. The first-order chi connectivity index (χ1) is 37.1. The van der Waals surface area contributed by atoms with Crippen LogP contribution in [0.2, 0.25) is 0 Å². The van der Waals surface area contributed by atoms with Crippen molar-refractivity contribution in [3.8, 4) is 78.3 Å². The van der Waals surface area contributed by atoms with Gasteiger partial charge in [-0.3, -0.25) is 0 Å². The van der Waals surface area contributed by atoms with Gasteiger partial charge in [0.05, 0.1) is 27.7 Å². The van der Waals surface area contributed by atoms with Crippen molar-refractivity contribution < 1.29 is 13.7 Å². The van der Waals surface area contributed by atoms with E-state index in [0.717, 1.165) is 6.42 Å². The third kappa shape index (κ3) is 3.51. The maximum absolute atomic E-state index is 2.92. The average Bonchev–Trinajstić information content (AvgIpc) is 2.41. The van der Waals surface area contributed by atoms with Crippen molar-refractivity contribution in [2.24, 2.45) is 0 Å². The third-order valence-electron chi connectivity index (χ3n) is 21.0. The van der Waals surface area contributed by atoms with E-state index in [1.165, 1.54) is 128 Å². The number of fused-ring (bicyclic) bond motifs is 18. The smallest absolute Gasteiger partial charge is 0.187 e. The van der Waals surface area contributed by atoms with Crippen LogP contribution in [-0.2, 0) is 32.9 Å². The van der Waals surface area contributed by atoms with Crippen LogP contribution in [-0.4, -0.2) is 0 Å². The van der Waals surface area contributed by atoms with Crippen molar-refractivity contribution in [2.45, 2.75) is 39.3 Å². The number of aromatic nitrogens is 3. The highest BCUT2D eigenvalue weighted by atomic mass is 15.2. The minimum atomic E-state index is -0.644. The van der Waals surface area contributed by atoms with Crippen molar-refractivity contribution in [3.63, 3.8) is 0 Å². The molecule has 5 aliphatic carbocycles. The van der Waals surface area contributed by atoms with Gasteiger partial charge in [0, 0.05) is 52.5 Å². The fourth-order valence-electron chi connectivity index (χ4n) is 18.4. The van der Waals surface area contributed by atoms with Crippen LogP contribution in [0.3, 0.4) is 0 Å². The summed E-state index contributed by atoms with van der Waals surface area (Å²) in [5.74, 6) is 0. The molecular weight excluding hydrogens is 907 g/mol. The zero-order chi connectivity index (χ0) is 48.2. The van der Waals surface area contributed by atoms with Gasteiger partial charge in [-0.2, -0.15) is 13.7 Å². The van der Waals surface area contributed by atoms with Crippen LogP contribution in [0.5, 0.6) is 0 Å². The quantitative estimate of drug-likeness (QED) is 0.115. The molecule has 11 aliphatic rings. The van der Waals surface area contributed by atoms with Gasteiger partial charge in [-0.05, 0) is 121 Å². The molecule has 10 aromatic rings. The number of rotatable bonds is 1. The second-order valence-electron chi connectivity index (χ2n) is 23.3. The predicted octanol–water partition coefficient (Wildman–Crippen LogP) is 13.4. The van der Waals surface area contributed by atoms with E-state index in [1.807, 2.05) is 0 Å². The van der Waals surface area contributed by atoms with Crippen LogP contribution in [0.4, 0.5) is 0 Å². The number of benzene rings is 7. The lowest BCUT2D eigenvalue weighted by atomic mass is 9.66. The first-order valence-corrected chi connectivity index (χ1v) is 26.9. The Labute approximate surface area is 433 Å². The number of hydrogen-bond donors (Lipinski definition) is 0. The standard InChI is InChI=1S/C72H42N3/c1-2-16-42(17-3-1)54-34-64-53-26-12-15-29-58(53)72-61-37-70-66-65(72)69(72)36-59(50-23-9-6-20-47(50)55(54)40-75(64)69)68-41-67(68)35-60(48-21-7-4-18-45(48)43-30-32-62(73(67)38-43)51-24-10-13-27-56(51)68)71(66,70)57-28-14-11-25-52(57)63-33-31-44(39-74(63)70)46-19-5-8-22-49(46)61/h1-40H,41H2/q+3/b59-36-,60-35-. The summed E-state index contributed by atoms with van der Waals surface area (Å²) in [6.07, 6.45) is 17.3. The van der Waals surface area contributed by atoms with E-state index in [4.69, 9.17) is 0 Å². The molecule has 6 aliphatic heterocycles. The first kappa shape index (κ1) is 37.7. The molecule has 7 aromatic carbocycles. The van der Waals surface area contributed by atoms with Crippen LogP contribution < -0.4 is 13.7 Å². The topological polar surface area (TPSA) is 11.6 Å². The molecule has 6 atom stereocenters. The molecule has 9 heterocycles. The highest BCUT2D eigenvalue weighted by Gasteiger charge is 2.98. The van der Waals surface area contributed by atoms with Gasteiger partial charge in [-0.25, -0.2) is 0 Å². The SMILES string of the molecule is C1=C2c3ccccc3-c3ccc4[n+](c3)C13C1=C5C26c2ccccc2-c2cc(-c7ccccc7)c7c[n+]2C56/C=C(/c2ccccc2-7)C25CC26/C=C(/c2ccccc2-c2ccc([n+]6c2)-c2ccccc25)C13c1ccccc1-4. The molecule has 5 spiro atoms. The summed E-state index contributed by atoms with van der Waals surface area (Å²) in [5.41, 5.74) is 30.4. The summed E-state index contributed by atoms with van der Waals surface area (Å²) in [6.45, 7) is 0. The van der Waals surface area contributed by atoms with Gasteiger partial charge in [0.25, 0.3) is 0 Å². The van der Waals surface area contributed by atoms with Crippen molar-refractivity contribution in [2.75, 3.05) is 0 Å². The van der Waals surface area contributed by atoms with Crippen molar-refractivity contribution in [1.82, 2.24) is 0 Å². The number of pyridine rings is 3. The summed E-state index contributed by atoms with van der Waals surface area (Å²) in [6, 6.07) is 80.6. The average molecular weight is 949 g/mol. The fourth-order valence-corrected chi connectivity index (χ4v) is 18.4. The molecule has 3 heteroatoms. The van der Waals surface area contributed by atoms with E-state index in [0.29, 0.717) is 0 Å². The molecule has 3 fully saturated rings. The van der Waals surface area contributed by atoms with Crippen molar-refractivity contribution >= 4 is 16.7 Å². The Bertz CT molecular complexity index is 4720. The van der Waals surface area contributed by atoms with Gasteiger partial charge >= 0.3 is 0 Å². The molecule has 0 N–H and O–H groups in total. The third-order valence-corrected chi connectivity index (χ3v) is 21.0. The predicted molar refractivity (Wildman–Crippen MR) is 292 cm³/mol. The van der Waals surface area contributed by atoms with E-state index in [-0.39, 0.29) is 0 Å². The Morgan fingerprint density at radius 1 is 0.293 bits per heavy atom. The summed E-state index contributed by atoms with van der Waals surface area (Å²) >= 11 is 0. The summed E-state index contributed by atoms with van der Waals surface area (Å²) in [4.78, 5) is 0. The molecular formula is C72H42N3+3. The summed E-state index contributed by atoms with van der Waals surface area (Å²) < 4.78 is 8.40. The Hall–Kier alpha value is -9.05. The first-order valence-electron chi connectivity index (χ1n) is 26.9. The van der Waals surface area contributed by atoms with Crippen LogP contribution in [0.1, 0.15) is 39.8 Å². The Morgan fingerprint density at radius 3 is 1.39 bits per heavy atom. The molecule has 12 bridgehead atoms. The second kappa shape index (κ2) is 11.5. The summed E-state index contributed by atoms with van der Waals surface area (Å²) in [7, 11) is 0. The fraction of sp³-hybridized carbons (Fsp3) is 0.0972. The van der Waals surface area contributed by atoms with Crippen LogP contribution in [0, 0.1) is 0 Å². The van der Waals surface area contributed by atoms with Crippen LogP contribution in [0.25, 0.3) is 95.0 Å². The van der Waals surface area contributed by atoms with Gasteiger partial charge in [0.15, 0.2) is 18.6 Å². The lowest BCUT2D eigenvalue weighted by Crippen LogP contribution is -2.58. The Kier molecular flexibility index (Phi) is 5.78. The number of hydrogen-bond acceptors (Lipinski definition) is 0. The molecule has 21 rings (SSSR count). The maximum Gasteiger partial charge on any atom is 0.228 e. The minimum absolute atomic E-state index is 0.446. The maximum atomic E-state index is 2.92. The molecule has 0 radical (unpaired) electrons. The van der Waals surface area contributed by atoms with Crippen LogP contribution in [0.15, 0.2) is 254 Å². The highest BCUT2D eigenvalue weighted by Crippen LogP contribution is 2.90. The van der Waals surface area contributed by atoms with E-state index in [2.05, 4.69) is 257 Å². The monoisotopic (exact) mass is 948 g/mol. The highest BCUT2D eigenvalue weighted by molar-refractivity contribution is 6.11. The van der Waals surface area contributed by atoms with Gasteiger partial charge in [0.1, 0.15) is 10.8 Å². The normalized spacial score (nSPS) is 29.6. The van der Waals surface area contributed by atoms with Crippen molar-refractivity contribution in [1.29, 1.82) is 0 Å². The molecule has 75 heavy (non-hydrogen) atoms. The van der Waals surface area contributed by atoms with Gasteiger partial charge in [0.2, 0.25) is 33.7 Å². The molecule has 6 unspecified atom stereocenters. The van der Waals surface area contributed by atoms with Gasteiger partial charge < -0.3 is 0 Å². The van der Waals surface area contributed by atoms with Gasteiger partial charge in [-0.15, -0.1) is 0 Å². The zero-order valence-electron chi connectivity index (χ0n) is 40.6. The van der Waals surface area contributed by atoms with E-state index in [1.54, 1.807) is 11.1 Å². The molecule has 3 saturated carbocycles. The summed E-state index contributed by atoms with van der Waals surface area (Å²) in [5, 5.41) is 0. The second-order valence-corrected chi connectivity index (χ2v) is 23.3. The minimum Gasteiger partial charge on any atom is -0.187 e. The number of allylic oxidation sites excluding steroid dienone is 8. The van der Waals surface area contributed by atoms with Crippen LogP contribution >= 0.6 is 0 Å². The Morgan fingerprint density at radius 2 is 0.747 bits per heavy atom. The van der Waals surface area contributed by atoms with E-state index >= 15 is 0 Å². The number of nitrogens with zero attached hydrogens (tertiary/aromatic N) is 3. The van der Waals surface area contributed by atoms with E-state index in [9.17, 15) is 0 Å². The zero-order valence-corrected chi connectivity index (χ0v) is 40.6. The van der Waals surface area contributed by atoms with E-state index < -0.39 is 32.9 Å². The lowest BCUT2D eigenvalue weighted by molar-refractivity contribution is -0.722. The molecule has 3 nitrogen and oxygen atoms in total.